The Labute approximate surface area is 183 Å². The van der Waals surface area contributed by atoms with Crippen LogP contribution < -0.4 is 19.1 Å². The lowest BCUT2D eigenvalue weighted by atomic mass is 10.1. The second kappa shape index (κ2) is 10.9. The molecule has 0 aromatic heterocycles. The van der Waals surface area contributed by atoms with Gasteiger partial charge in [-0.25, -0.2) is 0 Å². The van der Waals surface area contributed by atoms with Crippen LogP contribution in [0.3, 0.4) is 0 Å². The quantitative estimate of drug-likeness (QED) is 0.609. The van der Waals surface area contributed by atoms with Crippen molar-refractivity contribution in [1.29, 1.82) is 5.26 Å². The number of para-hydroxylation sites is 2. The van der Waals surface area contributed by atoms with E-state index in [9.17, 15) is 4.79 Å². The highest BCUT2D eigenvalue weighted by Gasteiger charge is 2.21. The van der Waals surface area contributed by atoms with Gasteiger partial charge < -0.3 is 24.0 Å². The summed E-state index contributed by atoms with van der Waals surface area (Å²) in [6, 6.07) is 15.3. The predicted molar refractivity (Wildman–Crippen MR) is 120 cm³/mol. The van der Waals surface area contributed by atoms with E-state index in [0.29, 0.717) is 31.2 Å². The van der Waals surface area contributed by atoms with Gasteiger partial charge in [0.2, 0.25) is 5.91 Å². The van der Waals surface area contributed by atoms with E-state index in [1.807, 2.05) is 42.2 Å². The summed E-state index contributed by atoms with van der Waals surface area (Å²) in [6.07, 6.45) is 3.34. The van der Waals surface area contributed by atoms with Gasteiger partial charge in [-0.1, -0.05) is 18.2 Å². The lowest BCUT2D eigenvalue weighted by molar-refractivity contribution is -0.126. The average Bonchev–Trinajstić information content (AvgIpc) is 2.82. The van der Waals surface area contributed by atoms with Crippen LogP contribution in [0.15, 0.2) is 48.5 Å². The summed E-state index contributed by atoms with van der Waals surface area (Å²) in [6.45, 7) is 5.34. The SMILES string of the molecule is CCOc1ccccc1N1CCN(C(=O)/C=C/c2ccc(OCC#N)c(OC)c2)CC1. The van der Waals surface area contributed by atoms with E-state index in [-0.39, 0.29) is 12.5 Å². The van der Waals surface area contributed by atoms with Crippen LogP contribution in [-0.2, 0) is 4.79 Å². The van der Waals surface area contributed by atoms with Crippen LogP contribution in [0.5, 0.6) is 17.2 Å². The fraction of sp³-hybridized carbons (Fsp3) is 0.333. The summed E-state index contributed by atoms with van der Waals surface area (Å²) in [7, 11) is 1.54. The van der Waals surface area contributed by atoms with Gasteiger partial charge in [0.1, 0.15) is 11.8 Å². The number of ether oxygens (including phenoxy) is 3. The summed E-state index contributed by atoms with van der Waals surface area (Å²) in [5, 5.41) is 8.66. The Morgan fingerprint density at radius 3 is 2.55 bits per heavy atom. The van der Waals surface area contributed by atoms with Gasteiger partial charge >= 0.3 is 0 Å². The number of anilines is 1. The maximum Gasteiger partial charge on any atom is 0.246 e. The zero-order valence-electron chi connectivity index (χ0n) is 17.9. The van der Waals surface area contributed by atoms with Crippen molar-refractivity contribution in [3.63, 3.8) is 0 Å². The number of nitriles is 1. The van der Waals surface area contributed by atoms with Crippen molar-refractivity contribution >= 4 is 17.7 Å². The van der Waals surface area contributed by atoms with Gasteiger partial charge in [-0.05, 0) is 42.8 Å². The third-order valence-corrected chi connectivity index (χ3v) is 5.00. The second-order valence-electron chi connectivity index (χ2n) is 6.90. The molecule has 1 heterocycles. The molecule has 0 unspecified atom stereocenters. The minimum Gasteiger partial charge on any atom is -0.493 e. The Kier molecular flexibility index (Phi) is 7.77. The number of amides is 1. The van der Waals surface area contributed by atoms with Gasteiger partial charge in [0.05, 0.1) is 19.4 Å². The monoisotopic (exact) mass is 421 g/mol. The van der Waals surface area contributed by atoms with Gasteiger partial charge in [0.25, 0.3) is 0 Å². The maximum absolute atomic E-state index is 12.7. The number of hydrogen-bond donors (Lipinski definition) is 0. The summed E-state index contributed by atoms with van der Waals surface area (Å²) < 4.78 is 16.4. The first kappa shape index (κ1) is 22.0. The Morgan fingerprint density at radius 1 is 1.06 bits per heavy atom. The fourth-order valence-electron chi connectivity index (χ4n) is 3.45. The topological polar surface area (TPSA) is 75.0 Å². The first-order chi connectivity index (χ1) is 15.2. The highest BCUT2D eigenvalue weighted by molar-refractivity contribution is 5.92. The Balaban J connectivity index is 1.59. The molecule has 0 aliphatic carbocycles. The molecule has 31 heavy (non-hydrogen) atoms. The number of nitrogens with zero attached hydrogens (tertiary/aromatic N) is 3. The van der Waals surface area contributed by atoms with Crippen LogP contribution in [0.2, 0.25) is 0 Å². The molecule has 162 valence electrons. The number of piperazine rings is 1. The van der Waals surface area contributed by atoms with Gasteiger partial charge in [0.15, 0.2) is 18.1 Å². The third-order valence-electron chi connectivity index (χ3n) is 5.00. The third kappa shape index (κ3) is 5.70. The molecular weight excluding hydrogens is 394 g/mol. The predicted octanol–water partition coefficient (Wildman–Crippen LogP) is 3.36. The Hall–Kier alpha value is -3.66. The normalized spacial score (nSPS) is 13.7. The second-order valence-corrected chi connectivity index (χ2v) is 6.90. The fourth-order valence-corrected chi connectivity index (χ4v) is 3.45. The zero-order valence-corrected chi connectivity index (χ0v) is 17.9. The van der Waals surface area contributed by atoms with E-state index in [1.165, 1.54) is 7.11 Å². The van der Waals surface area contributed by atoms with Gasteiger partial charge in [0, 0.05) is 32.3 Å². The summed E-state index contributed by atoms with van der Waals surface area (Å²) in [5.41, 5.74) is 1.89. The van der Waals surface area contributed by atoms with Crippen LogP contribution in [-0.4, -0.2) is 57.3 Å². The first-order valence-electron chi connectivity index (χ1n) is 10.3. The van der Waals surface area contributed by atoms with E-state index < -0.39 is 0 Å². The van der Waals surface area contributed by atoms with Crippen molar-refractivity contribution in [2.45, 2.75) is 6.92 Å². The summed E-state index contributed by atoms with van der Waals surface area (Å²) >= 11 is 0. The average molecular weight is 421 g/mol. The molecular formula is C24H27N3O4. The van der Waals surface area contributed by atoms with Gasteiger partial charge in [-0.2, -0.15) is 5.26 Å². The molecule has 0 atom stereocenters. The van der Waals surface area contributed by atoms with Crippen LogP contribution in [0.1, 0.15) is 12.5 Å². The van der Waals surface area contributed by atoms with E-state index >= 15 is 0 Å². The minimum absolute atomic E-state index is 0.0264. The number of methoxy groups -OCH3 is 1. The molecule has 1 fully saturated rings. The molecule has 1 amide bonds. The van der Waals surface area contributed by atoms with Crippen LogP contribution in [0.25, 0.3) is 6.08 Å². The molecule has 2 aromatic carbocycles. The molecule has 0 radical (unpaired) electrons. The smallest absolute Gasteiger partial charge is 0.246 e. The number of rotatable bonds is 8. The maximum atomic E-state index is 12.7. The highest BCUT2D eigenvalue weighted by atomic mass is 16.5. The molecule has 0 saturated carbocycles. The lowest BCUT2D eigenvalue weighted by Gasteiger charge is -2.36. The van der Waals surface area contributed by atoms with Crippen molar-refractivity contribution in [2.75, 3.05) is 51.4 Å². The van der Waals surface area contributed by atoms with E-state index in [1.54, 1.807) is 24.3 Å². The largest absolute Gasteiger partial charge is 0.493 e. The molecule has 0 bridgehead atoms. The van der Waals surface area contributed by atoms with Crippen molar-refractivity contribution < 1.29 is 19.0 Å². The van der Waals surface area contributed by atoms with Crippen molar-refractivity contribution in [2.24, 2.45) is 0 Å². The Bertz CT molecular complexity index is 960. The zero-order chi connectivity index (χ0) is 22.1. The highest BCUT2D eigenvalue weighted by Crippen LogP contribution is 2.30. The van der Waals surface area contributed by atoms with Crippen LogP contribution >= 0.6 is 0 Å². The summed E-state index contributed by atoms with van der Waals surface area (Å²) in [5.74, 6) is 1.87. The molecule has 3 rings (SSSR count). The van der Waals surface area contributed by atoms with Crippen molar-refractivity contribution in [1.82, 2.24) is 4.90 Å². The van der Waals surface area contributed by atoms with E-state index in [4.69, 9.17) is 19.5 Å². The molecule has 1 aliphatic rings. The molecule has 2 aromatic rings. The van der Waals surface area contributed by atoms with Crippen LogP contribution in [0.4, 0.5) is 5.69 Å². The minimum atomic E-state index is -0.0505. The number of hydrogen-bond acceptors (Lipinski definition) is 6. The van der Waals surface area contributed by atoms with Crippen molar-refractivity contribution in [3.8, 4) is 23.3 Å². The number of benzene rings is 2. The number of carbonyl (C=O) groups excluding carboxylic acids is 1. The molecule has 0 N–H and O–H groups in total. The molecule has 1 aliphatic heterocycles. The first-order valence-corrected chi connectivity index (χ1v) is 10.3. The standard InChI is InChI=1S/C24H27N3O4/c1-3-30-21-7-5-4-6-20(21)26-13-15-27(16-14-26)24(28)11-9-19-8-10-22(31-17-12-25)23(18-19)29-2/h4-11,18H,3,13-17H2,1-2H3/b11-9+. The molecule has 0 spiro atoms. The van der Waals surface area contributed by atoms with Gasteiger partial charge in [-0.15, -0.1) is 0 Å². The molecule has 7 heteroatoms. The molecule has 1 saturated heterocycles. The summed E-state index contributed by atoms with van der Waals surface area (Å²) in [4.78, 5) is 16.7. The Morgan fingerprint density at radius 2 is 1.84 bits per heavy atom. The van der Waals surface area contributed by atoms with Crippen molar-refractivity contribution in [3.05, 3.63) is 54.1 Å². The lowest BCUT2D eigenvalue weighted by Crippen LogP contribution is -2.48. The van der Waals surface area contributed by atoms with Gasteiger partial charge in [-0.3, -0.25) is 4.79 Å². The number of carbonyl (C=O) groups is 1. The molecule has 7 nitrogen and oxygen atoms in total. The van der Waals surface area contributed by atoms with Crippen LogP contribution in [0, 0.1) is 11.3 Å². The van der Waals surface area contributed by atoms with E-state index in [0.717, 1.165) is 30.1 Å². The van der Waals surface area contributed by atoms with E-state index in [2.05, 4.69) is 11.0 Å².